The maximum absolute atomic E-state index is 12.0. The van der Waals surface area contributed by atoms with Crippen LogP contribution in [-0.2, 0) is 4.79 Å². The highest BCUT2D eigenvalue weighted by Crippen LogP contribution is 2.34. The topological polar surface area (TPSA) is 20.3 Å². The zero-order valence-electron chi connectivity index (χ0n) is 8.42. The number of piperidine rings is 1. The standard InChI is InChI=1S/C11H10BrCl2NO/c12-7-3-2-6-15(11(7)16)9-5-1-4-8(13)10(9)14/h1,4-5,7H,2-3,6H2. The summed E-state index contributed by atoms with van der Waals surface area (Å²) in [5.41, 5.74) is 0.698. The number of hydrogen-bond donors (Lipinski definition) is 0. The van der Waals surface area contributed by atoms with Crippen LogP contribution >= 0.6 is 39.1 Å². The lowest BCUT2D eigenvalue weighted by molar-refractivity contribution is -0.118. The summed E-state index contributed by atoms with van der Waals surface area (Å²) >= 11 is 15.4. The van der Waals surface area contributed by atoms with Gasteiger partial charge in [-0.3, -0.25) is 4.79 Å². The van der Waals surface area contributed by atoms with Crippen LogP contribution in [0.4, 0.5) is 5.69 Å². The monoisotopic (exact) mass is 321 g/mol. The molecule has 0 bridgehead atoms. The molecule has 0 aromatic heterocycles. The third kappa shape index (κ3) is 2.22. The minimum Gasteiger partial charge on any atom is -0.310 e. The van der Waals surface area contributed by atoms with E-state index in [2.05, 4.69) is 15.9 Å². The number of anilines is 1. The molecule has 0 N–H and O–H groups in total. The Morgan fingerprint density at radius 3 is 2.88 bits per heavy atom. The van der Waals surface area contributed by atoms with E-state index in [1.54, 1.807) is 17.0 Å². The van der Waals surface area contributed by atoms with E-state index >= 15 is 0 Å². The van der Waals surface area contributed by atoms with Gasteiger partial charge in [-0.25, -0.2) is 0 Å². The Labute approximate surface area is 113 Å². The number of nitrogens with zero attached hydrogens (tertiary/aromatic N) is 1. The summed E-state index contributed by atoms with van der Waals surface area (Å²) in [5.74, 6) is 0.0513. The van der Waals surface area contributed by atoms with Crippen LogP contribution < -0.4 is 4.90 Å². The van der Waals surface area contributed by atoms with Crippen molar-refractivity contribution in [2.45, 2.75) is 17.7 Å². The molecule has 0 spiro atoms. The second-order valence-corrected chi connectivity index (χ2v) is 5.56. The largest absolute Gasteiger partial charge is 0.310 e. The van der Waals surface area contributed by atoms with Gasteiger partial charge in [0.05, 0.1) is 20.6 Å². The minimum atomic E-state index is -0.115. The molecule has 1 atom stereocenters. The van der Waals surface area contributed by atoms with E-state index in [-0.39, 0.29) is 10.7 Å². The highest BCUT2D eigenvalue weighted by atomic mass is 79.9. The maximum Gasteiger partial charge on any atom is 0.240 e. The van der Waals surface area contributed by atoms with Crippen molar-refractivity contribution in [2.75, 3.05) is 11.4 Å². The third-order valence-electron chi connectivity index (χ3n) is 2.60. The molecule has 0 aliphatic carbocycles. The van der Waals surface area contributed by atoms with Crippen LogP contribution in [0.2, 0.25) is 10.0 Å². The predicted octanol–water partition coefficient (Wildman–Crippen LogP) is 3.88. The molecule has 1 amide bonds. The summed E-state index contributed by atoms with van der Waals surface area (Å²) in [6, 6.07) is 5.33. The number of rotatable bonds is 1. The molecule has 1 aromatic carbocycles. The average molecular weight is 323 g/mol. The number of halogens is 3. The van der Waals surface area contributed by atoms with E-state index in [1.807, 2.05) is 6.07 Å². The Balaban J connectivity index is 2.36. The van der Waals surface area contributed by atoms with Gasteiger partial charge in [-0.15, -0.1) is 0 Å². The summed E-state index contributed by atoms with van der Waals surface area (Å²) in [6.45, 7) is 0.695. The predicted molar refractivity (Wildman–Crippen MR) is 70.8 cm³/mol. The molecule has 1 heterocycles. The molecule has 0 saturated carbocycles. The van der Waals surface area contributed by atoms with Gasteiger partial charge in [0.15, 0.2) is 0 Å². The van der Waals surface area contributed by atoms with Crippen molar-refractivity contribution >= 4 is 50.7 Å². The van der Waals surface area contributed by atoms with Gasteiger partial charge in [-0.2, -0.15) is 0 Å². The van der Waals surface area contributed by atoms with Crippen LogP contribution in [0, 0.1) is 0 Å². The Bertz CT molecular complexity index is 424. The van der Waals surface area contributed by atoms with Crippen molar-refractivity contribution in [3.05, 3.63) is 28.2 Å². The number of carbonyl (C=O) groups excluding carboxylic acids is 1. The van der Waals surface area contributed by atoms with Crippen molar-refractivity contribution < 1.29 is 4.79 Å². The lowest BCUT2D eigenvalue weighted by atomic mass is 10.1. The minimum absolute atomic E-state index is 0.0513. The zero-order valence-corrected chi connectivity index (χ0v) is 11.5. The third-order valence-corrected chi connectivity index (χ3v) is 4.25. The fourth-order valence-electron chi connectivity index (χ4n) is 1.77. The molecular weight excluding hydrogens is 313 g/mol. The average Bonchev–Trinajstić information content (AvgIpc) is 2.27. The van der Waals surface area contributed by atoms with Gasteiger partial charge in [-0.1, -0.05) is 45.2 Å². The summed E-state index contributed by atoms with van der Waals surface area (Å²) in [4.78, 5) is 13.5. The SMILES string of the molecule is O=C1C(Br)CCCN1c1cccc(Cl)c1Cl. The van der Waals surface area contributed by atoms with Crippen LogP contribution in [0.1, 0.15) is 12.8 Å². The van der Waals surface area contributed by atoms with Gasteiger partial charge in [0.1, 0.15) is 0 Å². The number of benzene rings is 1. The molecule has 1 aliphatic heterocycles. The normalized spacial score (nSPS) is 21.3. The fraction of sp³-hybridized carbons (Fsp3) is 0.364. The van der Waals surface area contributed by atoms with Crippen LogP contribution in [0.5, 0.6) is 0 Å². The Morgan fingerprint density at radius 1 is 1.38 bits per heavy atom. The second kappa shape index (κ2) is 4.94. The quantitative estimate of drug-likeness (QED) is 0.718. The smallest absolute Gasteiger partial charge is 0.240 e. The van der Waals surface area contributed by atoms with E-state index in [4.69, 9.17) is 23.2 Å². The van der Waals surface area contributed by atoms with E-state index in [0.29, 0.717) is 22.3 Å². The van der Waals surface area contributed by atoms with Gasteiger partial charge >= 0.3 is 0 Å². The lowest BCUT2D eigenvalue weighted by Gasteiger charge is -2.30. The molecule has 1 aromatic rings. The van der Waals surface area contributed by atoms with Crippen LogP contribution in [0.3, 0.4) is 0 Å². The molecule has 5 heteroatoms. The van der Waals surface area contributed by atoms with Crippen molar-refractivity contribution in [3.63, 3.8) is 0 Å². The van der Waals surface area contributed by atoms with E-state index in [1.165, 1.54) is 0 Å². The highest BCUT2D eigenvalue weighted by Gasteiger charge is 2.28. The molecular formula is C11H10BrCl2NO. The molecule has 1 unspecified atom stereocenters. The van der Waals surface area contributed by atoms with Gasteiger partial charge in [-0.05, 0) is 25.0 Å². The molecule has 2 nitrogen and oxygen atoms in total. The maximum atomic E-state index is 12.0. The summed E-state index contributed by atoms with van der Waals surface area (Å²) in [5, 5.41) is 0.919. The van der Waals surface area contributed by atoms with Gasteiger partial charge in [0.2, 0.25) is 5.91 Å². The first kappa shape index (κ1) is 12.2. The zero-order chi connectivity index (χ0) is 11.7. The summed E-state index contributed by atoms with van der Waals surface area (Å²) in [7, 11) is 0. The number of hydrogen-bond acceptors (Lipinski definition) is 1. The van der Waals surface area contributed by atoms with Crippen molar-refractivity contribution in [1.29, 1.82) is 0 Å². The first-order valence-corrected chi connectivity index (χ1v) is 6.68. The fourth-order valence-corrected chi connectivity index (χ4v) is 2.74. The second-order valence-electron chi connectivity index (χ2n) is 3.67. The van der Waals surface area contributed by atoms with Crippen LogP contribution in [-0.4, -0.2) is 17.3 Å². The molecule has 2 rings (SSSR count). The Kier molecular flexibility index (Phi) is 3.77. The number of carbonyl (C=O) groups is 1. The van der Waals surface area contributed by atoms with Crippen molar-refractivity contribution in [2.24, 2.45) is 0 Å². The van der Waals surface area contributed by atoms with Crippen LogP contribution in [0.15, 0.2) is 18.2 Å². The number of alkyl halides is 1. The van der Waals surface area contributed by atoms with Gasteiger partial charge in [0.25, 0.3) is 0 Å². The molecule has 0 radical (unpaired) electrons. The Hall–Kier alpha value is -0.250. The van der Waals surface area contributed by atoms with E-state index < -0.39 is 0 Å². The van der Waals surface area contributed by atoms with Gasteiger partial charge < -0.3 is 4.90 Å². The van der Waals surface area contributed by atoms with Crippen molar-refractivity contribution in [1.82, 2.24) is 0 Å². The Morgan fingerprint density at radius 2 is 2.12 bits per heavy atom. The van der Waals surface area contributed by atoms with Crippen molar-refractivity contribution in [3.8, 4) is 0 Å². The van der Waals surface area contributed by atoms with Crippen LogP contribution in [0.25, 0.3) is 0 Å². The summed E-state index contributed by atoms with van der Waals surface area (Å²) in [6.07, 6.45) is 1.83. The van der Waals surface area contributed by atoms with Gasteiger partial charge in [0, 0.05) is 6.54 Å². The molecule has 1 fully saturated rings. The van der Waals surface area contributed by atoms with E-state index in [9.17, 15) is 4.79 Å². The molecule has 86 valence electrons. The number of amides is 1. The first-order chi connectivity index (χ1) is 7.61. The lowest BCUT2D eigenvalue weighted by Crippen LogP contribution is -2.41. The first-order valence-electron chi connectivity index (χ1n) is 5.00. The summed E-state index contributed by atoms with van der Waals surface area (Å²) < 4.78 is 0. The van der Waals surface area contributed by atoms with E-state index in [0.717, 1.165) is 12.8 Å². The molecule has 1 aliphatic rings. The highest BCUT2D eigenvalue weighted by molar-refractivity contribution is 9.10. The molecule has 16 heavy (non-hydrogen) atoms. The molecule has 1 saturated heterocycles.